The highest BCUT2D eigenvalue weighted by Crippen LogP contribution is 2.25. The minimum absolute atomic E-state index is 0.239. The highest BCUT2D eigenvalue weighted by molar-refractivity contribution is 6.43. The third-order valence-corrected chi connectivity index (χ3v) is 4.71. The number of carbonyl (C=O) groups excluding carboxylic acids is 1. The van der Waals surface area contributed by atoms with Crippen LogP contribution in [0.25, 0.3) is 0 Å². The van der Waals surface area contributed by atoms with Gasteiger partial charge < -0.3 is 10.2 Å². The molecule has 23 heavy (non-hydrogen) atoms. The number of nitrogens with zero attached hydrogens (tertiary/aromatic N) is 2. The molecule has 0 aliphatic carbocycles. The number of amides is 1. The SMILES string of the molecule is O=C(NCc1ccnc(N2CCCC2)c1)c1cccc(Cl)c1Cl. The molecule has 1 aliphatic rings. The average molecular weight is 350 g/mol. The number of hydrogen-bond acceptors (Lipinski definition) is 3. The van der Waals surface area contributed by atoms with Gasteiger partial charge in [0.1, 0.15) is 5.82 Å². The summed E-state index contributed by atoms with van der Waals surface area (Å²) in [5, 5.41) is 3.52. The van der Waals surface area contributed by atoms with Gasteiger partial charge in [0.25, 0.3) is 5.91 Å². The average Bonchev–Trinajstić information content (AvgIpc) is 3.10. The summed E-state index contributed by atoms with van der Waals surface area (Å²) in [5.74, 6) is 0.729. The molecule has 6 heteroatoms. The van der Waals surface area contributed by atoms with Crippen molar-refractivity contribution < 1.29 is 4.79 Å². The summed E-state index contributed by atoms with van der Waals surface area (Å²) in [4.78, 5) is 18.9. The van der Waals surface area contributed by atoms with Gasteiger partial charge in [0.2, 0.25) is 0 Å². The van der Waals surface area contributed by atoms with Crippen LogP contribution in [0.3, 0.4) is 0 Å². The molecule has 1 fully saturated rings. The first-order valence-electron chi connectivity index (χ1n) is 7.57. The molecule has 1 aromatic heterocycles. The molecule has 1 aliphatic heterocycles. The van der Waals surface area contributed by atoms with Crippen LogP contribution in [0.5, 0.6) is 0 Å². The van der Waals surface area contributed by atoms with Gasteiger partial charge in [-0.2, -0.15) is 0 Å². The van der Waals surface area contributed by atoms with E-state index in [1.807, 2.05) is 12.1 Å². The number of halogens is 2. The maximum absolute atomic E-state index is 12.3. The first-order valence-corrected chi connectivity index (χ1v) is 8.33. The zero-order chi connectivity index (χ0) is 16.2. The standard InChI is InChI=1S/C17H17Cl2N3O/c18-14-5-3-4-13(16(14)19)17(23)21-11-12-6-7-20-15(10-12)22-8-1-2-9-22/h3-7,10H,1-2,8-9,11H2,(H,21,23). The number of nitrogens with one attached hydrogen (secondary N) is 1. The monoisotopic (exact) mass is 349 g/mol. The smallest absolute Gasteiger partial charge is 0.253 e. The van der Waals surface area contributed by atoms with Gasteiger partial charge in [-0.1, -0.05) is 29.3 Å². The van der Waals surface area contributed by atoms with E-state index in [0.29, 0.717) is 17.1 Å². The van der Waals surface area contributed by atoms with Crippen LogP contribution in [0.1, 0.15) is 28.8 Å². The number of hydrogen-bond donors (Lipinski definition) is 1. The van der Waals surface area contributed by atoms with Crippen molar-refractivity contribution in [2.45, 2.75) is 19.4 Å². The second-order valence-electron chi connectivity index (χ2n) is 5.50. The van der Waals surface area contributed by atoms with E-state index < -0.39 is 0 Å². The summed E-state index contributed by atoms with van der Waals surface area (Å²) in [6.45, 7) is 2.51. The van der Waals surface area contributed by atoms with E-state index in [2.05, 4.69) is 15.2 Å². The topological polar surface area (TPSA) is 45.2 Å². The minimum Gasteiger partial charge on any atom is -0.357 e. The van der Waals surface area contributed by atoms with Gasteiger partial charge in [0, 0.05) is 25.8 Å². The molecule has 1 amide bonds. The Morgan fingerprint density at radius 3 is 2.78 bits per heavy atom. The fourth-order valence-corrected chi connectivity index (χ4v) is 3.03. The Morgan fingerprint density at radius 1 is 1.22 bits per heavy atom. The van der Waals surface area contributed by atoms with E-state index >= 15 is 0 Å². The molecule has 0 unspecified atom stereocenters. The van der Waals surface area contributed by atoms with Crippen LogP contribution in [-0.2, 0) is 6.54 Å². The molecule has 1 N–H and O–H groups in total. The van der Waals surface area contributed by atoms with E-state index in [-0.39, 0.29) is 10.9 Å². The van der Waals surface area contributed by atoms with Crippen molar-refractivity contribution in [3.63, 3.8) is 0 Å². The molecule has 0 atom stereocenters. The van der Waals surface area contributed by atoms with Crippen LogP contribution in [0.15, 0.2) is 36.5 Å². The molecule has 120 valence electrons. The van der Waals surface area contributed by atoms with E-state index in [1.54, 1.807) is 24.4 Å². The van der Waals surface area contributed by atoms with Crippen LogP contribution < -0.4 is 10.2 Å². The summed E-state index contributed by atoms with van der Waals surface area (Å²) in [5.41, 5.74) is 1.39. The first kappa shape index (κ1) is 16.1. The molecule has 1 saturated heterocycles. The van der Waals surface area contributed by atoms with Gasteiger partial charge in [0.05, 0.1) is 15.6 Å². The Kier molecular flexibility index (Phi) is 5.03. The van der Waals surface area contributed by atoms with E-state index in [0.717, 1.165) is 24.5 Å². The second kappa shape index (κ2) is 7.20. The van der Waals surface area contributed by atoms with E-state index in [1.165, 1.54) is 12.8 Å². The van der Waals surface area contributed by atoms with E-state index in [4.69, 9.17) is 23.2 Å². The Labute approximate surface area is 145 Å². The lowest BCUT2D eigenvalue weighted by atomic mass is 10.2. The number of aromatic nitrogens is 1. The third kappa shape index (κ3) is 3.77. The van der Waals surface area contributed by atoms with Gasteiger partial charge >= 0.3 is 0 Å². The Bertz CT molecular complexity index is 715. The molecule has 3 rings (SSSR count). The van der Waals surface area contributed by atoms with Gasteiger partial charge in [-0.05, 0) is 42.7 Å². The summed E-state index contributed by atoms with van der Waals surface area (Å²) >= 11 is 12.0. The minimum atomic E-state index is -0.239. The van der Waals surface area contributed by atoms with E-state index in [9.17, 15) is 4.79 Å². The maximum atomic E-state index is 12.3. The number of benzene rings is 1. The summed E-state index contributed by atoms with van der Waals surface area (Å²) < 4.78 is 0. The highest BCUT2D eigenvalue weighted by atomic mass is 35.5. The number of anilines is 1. The number of rotatable bonds is 4. The zero-order valence-corrected chi connectivity index (χ0v) is 14.1. The largest absolute Gasteiger partial charge is 0.357 e. The molecule has 4 nitrogen and oxygen atoms in total. The lowest BCUT2D eigenvalue weighted by molar-refractivity contribution is 0.0951. The second-order valence-corrected chi connectivity index (χ2v) is 6.29. The number of pyridine rings is 1. The summed E-state index contributed by atoms with van der Waals surface area (Å²) in [6.07, 6.45) is 4.19. The van der Waals surface area contributed by atoms with Gasteiger partial charge in [-0.25, -0.2) is 4.98 Å². The fraction of sp³-hybridized carbons (Fsp3) is 0.294. The van der Waals surface area contributed by atoms with Crippen molar-refractivity contribution in [3.05, 3.63) is 57.7 Å². The molecule has 2 heterocycles. The van der Waals surface area contributed by atoms with Gasteiger partial charge in [-0.3, -0.25) is 4.79 Å². The summed E-state index contributed by atoms with van der Waals surface area (Å²) in [7, 11) is 0. The van der Waals surface area contributed by atoms with Crippen molar-refractivity contribution in [2.24, 2.45) is 0 Å². The number of carbonyl (C=O) groups is 1. The normalized spacial score (nSPS) is 14.1. The maximum Gasteiger partial charge on any atom is 0.253 e. The molecule has 0 radical (unpaired) electrons. The lowest BCUT2D eigenvalue weighted by Gasteiger charge is -2.17. The predicted octanol–water partition coefficient (Wildman–Crippen LogP) is 3.92. The van der Waals surface area contributed by atoms with Crippen LogP contribution in [0.4, 0.5) is 5.82 Å². The van der Waals surface area contributed by atoms with Crippen molar-refractivity contribution in [3.8, 4) is 0 Å². The fourth-order valence-electron chi connectivity index (χ4n) is 2.65. The van der Waals surface area contributed by atoms with Crippen LogP contribution in [0.2, 0.25) is 10.0 Å². The van der Waals surface area contributed by atoms with Crippen molar-refractivity contribution >= 4 is 34.9 Å². The third-order valence-electron chi connectivity index (χ3n) is 3.89. The molecule has 0 saturated carbocycles. The van der Waals surface area contributed by atoms with Crippen LogP contribution in [-0.4, -0.2) is 24.0 Å². The molecule has 0 bridgehead atoms. The van der Waals surface area contributed by atoms with Crippen molar-refractivity contribution in [1.82, 2.24) is 10.3 Å². The molecular weight excluding hydrogens is 333 g/mol. The zero-order valence-electron chi connectivity index (χ0n) is 12.6. The Morgan fingerprint density at radius 2 is 2.00 bits per heavy atom. The molecule has 0 spiro atoms. The van der Waals surface area contributed by atoms with Crippen LogP contribution >= 0.6 is 23.2 Å². The highest BCUT2D eigenvalue weighted by Gasteiger charge is 2.15. The molecule has 1 aromatic carbocycles. The lowest BCUT2D eigenvalue weighted by Crippen LogP contribution is -2.24. The van der Waals surface area contributed by atoms with Crippen molar-refractivity contribution in [2.75, 3.05) is 18.0 Å². The molecular formula is C17H17Cl2N3O. The Hall–Kier alpha value is -1.78. The molecule has 2 aromatic rings. The Balaban J connectivity index is 1.67. The summed E-state index contributed by atoms with van der Waals surface area (Å²) in [6, 6.07) is 8.95. The van der Waals surface area contributed by atoms with Crippen molar-refractivity contribution in [1.29, 1.82) is 0 Å². The predicted molar refractivity (Wildman–Crippen MR) is 93.3 cm³/mol. The quantitative estimate of drug-likeness (QED) is 0.909. The van der Waals surface area contributed by atoms with Gasteiger partial charge in [-0.15, -0.1) is 0 Å². The van der Waals surface area contributed by atoms with Gasteiger partial charge in [0.15, 0.2) is 0 Å². The first-order chi connectivity index (χ1) is 11.1. The van der Waals surface area contributed by atoms with Crippen LogP contribution in [0, 0.1) is 0 Å².